The van der Waals surface area contributed by atoms with Crippen molar-refractivity contribution in [3.63, 3.8) is 0 Å². The smallest absolute Gasteiger partial charge is 0.358 e. The van der Waals surface area contributed by atoms with E-state index in [1.807, 2.05) is 35.2 Å². The van der Waals surface area contributed by atoms with Crippen molar-refractivity contribution >= 4 is 11.9 Å². The number of carbonyl (C=O) groups is 2. The van der Waals surface area contributed by atoms with Gasteiger partial charge in [-0.2, -0.15) is 5.10 Å². The molecule has 1 aliphatic rings. The summed E-state index contributed by atoms with van der Waals surface area (Å²) < 4.78 is 6.93. The van der Waals surface area contributed by atoms with Gasteiger partial charge in [0, 0.05) is 24.2 Å². The summed E-state index contributed by atoms with van der Waals surface area (Å²) in [7, 11) is 0. The summed E-state index contributed by atoms with van der Waals surface area (Å²) in [5.41, 5.74) is 5.81. The fourth-order valence-electron chi connectivity index (χ4n) is 4.75. The Morgan fingerprint density at radius 3 is 2.26 bits per heavy atom. The van der Waals surface area contributed by atoms with E-state index in [0.29, 0.717) is 17.4 Å². The molecule has 3 aromatic rings. The number of esters is 1. The Morgan fingerprint density at radius 2 is 1.65 bits per heavy atom. The minimum Gasteiger partial charge on any atom is -0.461 e. The number of carbonyl (C=O) groups excluding carboxylic acids is 2. The van der Waals surface area contributed by atoms with E-state index in [0.717, 1.165) is 42.0 Å². The van der Waals surface area contributed by atoms with Crippen LogP contribution in [0.25, 0.3) is 16.9 Å². The highest BCUT2D eigenvalue weighted by Crippen LogP contribution is 2.27. The highest BCUT2D eigenvalue weighted by atomic mass is 16.5. The average molecular weight is 460 g/mol. The first-order chi connectivity index (χ1) is 16.3. The summed E-state index contributed by atoms with van der Waals surface area (Å²) in [6.45, 7) is 12.2. The molecule has 0 saturated carbocycles. The number of hydrogen-bond acceptors (Lipinski definition) is 4. The molecule has 0 N–H and O–H groups in total. The third kappa shape index (κ3) is 4.91. The van der Waals surface area contributed by atoms with Gasteiger partial charge in [-0.3, -0.25) is 4.79 Å². The first kappa shape index (κ1) is 23.7. The highest BCUT2D eigenvalue weighted by molar-refractivity contribution is 5.94. The molecule has 0 spiro atoms. The maximum absolute atomic E-state index is 13.1. The van der Waals surface area contributed by atoms with Crippen molar-refractivity contribution in [3.8, 4) is 16.9 Å². The zero-order chi connectivity index (χ0) is 24.4. The van der Waals surface area contributed by atoms with Crippen LogP contribution in [0.15, 0.2) is 48.5 Å². The van der Waals surface area contributed by atoms with Crippen LogP contribution in [0.3, 0.4) is 0 Å². The third-order valence-electron chi connectivity index (χ3n) is 6.51. The van der Waals surface area contributed by atoms with E-state index in [2.05, 4.69) is 44.9 Å². The van der Waals surface area contributed by atoms with Gasteiger partial charge in [-0.05, 0) is 86.6 Å². The number of aryl methyl sites for hydroxylation is 2. The molecular formula is C28H33N3O3. The topological polar surface area (TPSA) is 64.4 Å². The zero-order valence-electron chi connectivity index (χ0n) is 20.7. The van der Waals surface area contributed by atoms with Crippen LogP contribution >= 0.6 is 0 Å². The number of likely N-dealkylation sites (tertiary alicyclic amines) is 1. The summed E-state index contributed by atoms with van der Waals surface area (Å²) in [4.78, 5) is 27.5. The van der Waals surface area contributed by atoms with Gasteiger partial charge in [-0.25, -0.2) is 9.48 Å². The van der Waals surface area contributed by atoms with Gasteiger partial charge < -0.3 is 9.64 Å². The van der Waals surface area contributed by atoms with Crippen molar-refractivity contribution in [1.29, 1.82) is 0 Å². The second-order valence-corrected chi connectivity index (χ2v) is 9.55. The van der Waals surface area contributed by atoms with Gasteiger partial charge in [0.15, 0.2) is 5.69 Å². The molecule has 2 heterocycles. The van der Waals surface area contributed by atoms with Crippen molar-refractivity contribution in [2.45, 2.75) is 41.0 Å². The van der Waals surface area contributed by atoms with E-state index < -0.39 is 5.97 Å². The van der Waals surface area contributed by atoms with Crippen molar-refractivity contribution < 1.29 is 14.3 Å². The van der Waals surface area contributed by atoms with E-state index in [9.17, 15) is 9.59 Å². The normalized spacial score (nSPS) is 18.1. The summed E-state index contributed by atoms with van der Waals surface area (Å²) >= 11 is 0. The fraction of sp³-hybridized carbons (Fsp3) is 0.393. The summed E-state index contributed by atoms with van der Waals surface area (Å²) in [5, 5.41) is 4.56. The van der Waals surface area contributed by atoms with Gasteiger partial charge in [0.25, 0.3) is 5.91 Å². The number of amides is 1. The Balaban J connectivity index is 1.68. The summed E-state index contributed by atoms with van der Waals surface area (Å²) in [5.74, 6) is 0.634. The predicted molar refractivity (Wildman–Crippen MR) is 133 cm³/mol. The molecular weight excluding hydrogens is 426 g/mol. The van der Waals surface area contributed by atoms with E-state index >= 15 is 0 Å². The molecule has 1 fully saturated rings. The molecule has 0 unspecified atom stereocenters. The molecule has 2 atom stereocenters. The molecule has 1 saturated heterocycles. The Kier molecular flexibility index (Phi) is 6.87. The van der Waals surface area contributed by atoms with Crippen LogP contribution < -0.4 is 0 Å². The average Bonchev–Trinajstić information content (AvgIpc) is 3.26. The van der Waals surface area contributed by atoms with Crippen molar-refractivity contribution in [1.82, 2.24) is 14.7 Å². The highest BCUT2D eigenvalue weighted by Gasteiger charge is 2.26. The number of hydrogen-bond donors (Lipinski definition) is 0. The molecule has 1 aliphatic heterocycles. The summed E-state index contributed by atoms with van der Waals surface area (Å²) in [6.07, 6.45) is 1.16. The Bertz CT molecular complexity index is 1190. The molecule has 1 aromatic heterocycles. The van der Waals surface area contributed by atoms with Crippen LogP contribution in [0.1, 0.15) is 59.2 Å². The molecule has 6 nitrogen and oxygen atoms in total. The zero-order valence-corrected chi connectivity index (χ0v) is 20.7. The first-order valence-corrected chi connectivity index (χ1v) is 12.0. The molecule has 2 aromatic carbocycles. The van der Waals surface area contributed by atoms with E-state index in [1.165, 1.54) is 5.56 Å². The van der Waals surface area contributed by atoms with E-state index in [-0.39, 0.29) is 18.2 Å². The van der Waals surface area contributed by atoms with Crippen LogP contribution in [-0.2, 0) is 4.74 Å². The minimum atomic E-state index is -0.452. The second-order valence-electron chi connectivity index (χ2n) is 9.55. The number of nitrogens with zero attached hydrogens (tertiary/aromatic N) is 3. The minimum absolute atomic E-state index is 0.0620. The molecule has 178 valence electrons. The monoisotopic (exact) mass is 459 g/mol. The number of ether oxygens (including phenoxy) is 1. The van der Waals surface area contributed by atoms with Gasteiger partial charge in [-0.15, -0.1) is 0 Å². The van der Waals surface area contributed by atoms with Crippen LogP contribution in [0.5, 0.6) is 0 Å². The van der Waals surface area contributed by atoms with Crippen LogP contribution in [0, 0.1) is 25.7 Å². The Morgan fingerprint density at radius 1 is 0.971 bits per heavy atom. The predicted octanol–water partition coefficient (Wildman–Crippen LogP) is 5.45. The molecule has 1 amide bonds. The first-order valence-electron chi connectivity index (χ1n) is 12.0. The standard InChI is InChI=1S/C28H33N3O3/c1-6-34-28(33)25-15-26(23-8-7-20(4)21(5)14-23)31(29-25)24-11-9-22(10-12-24)27(32)30-16-18(2)13-19(3)17-30/h7-12,14-15,18-19H,6,13,16-17H2,1-5H3/t18-,19-/m0/s1. The number of aromatic nitrogens is 2. The van der Waals surface area contributed by atoms with Crippen molar-refractivity contribution in [3.05, 3.63) is 70.9 Å². The molecule has 6 heteroatoms. The Hall–Kier alpha value is -3.41. The van der Waals surface area contributed by atoms with Gasteiger partial charge in [0.05, 0.1) is 18.0 Å². The lowest BCUT2D eigenvalue weighted by Gasteiger charge is -2.35. The summed E-state index contributed by atoms with van der Waals surface area (Å²) in [6, 6.07) is 15.4. The Labute approximate surface area is 201 Å². The fourth-order valence-corrected chi connectivity index (χ4v) is 4.75. The molecule has 0 aliphatic carbocycles. The number of piperidine rings is 1. The van der Waals surface area contributed by atoms with Gasteiger partial charge in [0.1, 0.15) is 0 Å². The van der Waals surface area contributed by atoms with Crippen LogP contribution in [0.4, 0.5) is 0 Å². The van der Waals surface area contributed by atoms with Crippen LogP contribution in [-0.4, -0.2) is 46.3 Å². The van der Waals surface area contributed by atoms with Gasteiger partial charge in [-0.1, -0.05) is 26.0 Å². The van der Waals surface area contributed by atoms with Crippen LogP contribution in [0.2, 0.25) is 0 Å². The maximum Gasteiger partial charge on any atom is 0.358 e. The van der Waals surface area contributed by atoms with Crippen molar-refractivity contribution in [2.75, 3.05) is 19.7 Å². The van der Waals surface area contributed by atoms with Gasteiger partial charge >= 0.3 is 5.97 Å². The lowest BCUT2D eigenvalue weighted by atomic mass is 9.91. The second kappa shape index (κ2) is 9.84. The molecule has 0 bridgehead atoms. The third-order valence-corrected chi connectivity index (χ3v) is 6.51. The number of rotatable bonds is 5. The van der Waals surface area contributed by atoms with Gasteiger partial charge in [0.2, 0.25) is 0 Å². The number of benzene rings is 2. The molecule has 4 rings (SSSR count). The lowest BCUT2D eigenvalue weighted by Crippen LogP contribution is -2.42. The lowest BCUT2D eigenvalue weighted by molar-refractivity contribution is 0.0518. The largest absolute Gasteiger partial charge is 0.461 e. The quantitative estimate of drug-likeness (QED) is 0.476. The van der Waals surface area contributed by atoms with E-state index in [4.69, 9.17) is 4.74 Å². The van der Waals surface area contributed by atoms with E-state index in [1.54, 1.807) is 17.7 Å². The molecule has 34 heavy (non-hydrogen) atoms. The van der Waals surface area contributed by atoms with Crippen molar-refractivity contribution in [2.24, 2.45) is 11.8 Å². The maximum atomic E-state index is 13.1. The SMILES string of the molecule is CCOC(=O)c1cc(-c2ccc(C)c(C)c2)n(-c2ccc(C(=O)N3C[C@@H](C)C[C@H](C)C3)cc2)n1. The molecule has 0 radical (unpaired) electrons.